The maximum Gasteiger partial charge on any atom is 0.124 e. The lowest BCUT2D eigenvalue weighted by atomic mass is 10.1. The Kier molecular flexibility index (Phi) is 4.57. The zero-order chi connectivity index (χ0) is 14.7. The van der Waals surface area contributed by atoms with Gasteiger partial charge in [0.2, 0.25) is 0 Å². The Morgan fingerprint density at radius 1 is 1.15 bits per heavy atom. The third-order valence-corrected chi connectivity index (χ3v) is 3.21. The maximum atomic E-state index is 13.2. The summed E-state index contributed by atoms with van der Waals surface area (Å²) in [4.78, 5) is 0. The van der Waals surface area contributed by atoms with Crippen molar-refractivity contribution in [2.75, 3.05) is 0 Å². The Balaban J connectivity index is 2.18. The van der Waals surface area contributed by atoms with Crippen LogP contribution in [0.5, 0.6) is 5.75 Å². The van der Waals surface area contributed by atoms with Gasteiger partial charge in [-0.3, -0.25) is 0 Å². The van der Waals surface area contributed by atoms with Crippen LogP contribution < -0.4 is 10.5 Å². The molecule has 20 heavy (non-hydrogen) atoms. The van der Waals surface area contributed by atoms with Crippen molar-refractivity contribution >= 4 is 11.6 Å². The fraction of sp³-hybridized carbons (Fsp3) is 0.200. The number of benzene rings is 2. The van der Waals surface area contributed by atoms with Gasteiger partial charge in [0.05, 0.1) is 5.02 Å². The van der Waals surface area contributed by atoms with Crippen molar-refractivity contribution in [3.63, 3.8) is 0 Å². The SMILES string of the molecule is C[C@@H](N)c1cc(F)ccc1OCc1ccc(F)cc1Cl. The van der Waals surface area contributed by atoms with E-state index in [4.69, 9.17) is 22.1 Å². The zero-order valence-electron chi connectivity index (χ0n) is 10.9. The van der Waals surface area contributed by atoms with Gasteiger partial charge in [-0.15, -0.1) is 0 Å². The van der Waals surface area contributed by atoms with Gasteiger partial charge >= 0.3 is 0 Å². The van der Waals surface area contributed by atoms with Crippen molar-refractivity contribution in [3.05, 3.63) is 64.2 Å². The molecular weight excluding hydrogens is 284 g/mol. The quantitative estimate of drug-likeness (QED) is 0.917. The fourth-order valence-corrected chi connectivity index (χ4v) is 2.02. The van der Waals surface area contributed by atoms with Crippen LogP contribution in [0.3, 0.4) is 0 Å². The van der Waals surface area contributed by atoms with Gasteiger partial charge in [-0.25, -0.2) is 8.78 Å². The molecule has 1 atom stereocenters. The van der Waals surface area contributed by atoms with E-state index in [1.54, 1.807) is 13.0 Å². The van der Waals surface area contributed by atoms with Crippen LogP contribution in [0, 0.1) is 11.6 Å². The van der Waals surface area contributed by atoms with Crippen LogP contribution in [0.25, 0.3) is 0 Å². The standard InChI is InChI=1S/C15H14ClF2NO/c1-9(19)13-6-11(17)4-5-15(13)20-8-10-2-3-12(18)7-14(10)16/h2-7,9H,8,19H2,1H3/t9-/m1/s1. The molecule has 0 radical (unpaired) electrons. The van der Waals surface area contributed by atoms with Crippen LogP contribution in [0.2, 0.25) is 5.02 Å². The number of halogens is 3. The molecule has 0 bridgehead atoms. The maximum absolute atomic E-state index is 13.2. The summed E-state index contributed by atoms with van der Waals surface area (Å²) in [6.45, 7) is 1.90. The summed E-state index contributed by atoms with van der Waals surface area (Å²) in [7, 11) is 0. The van der Waals surface area contributed by atoms with Crippen LogP contribution >= 0.6 is 11.6 Å². The minimum atomic E-state index is -0.406. The number of ether oxygens (including phenoxy) is 1. The molecule has 2 N–H and O–H groups in total. The monoisotopic (exact) mass is 297 g/mol. The highest BCUT2D eigenvalue weighted by molar-refractivity contribution is 6.31. The predicted molar refractivity (Wildman–Crippen MR) is 74.7 cm³/mol. The summed E-state index contributed by atoms with van der Waals surface area (Å²) >= 11 is 5.92. The first-order chi connectivity index (χ1) is 9.47. The molecule has 0 fully saturated rings. The molecule has 5 heteroatoms. The van der Waals surface area contributed by atoms with Gasteiger partial charge in [-0.05, 0) is 37.3 Å². The molecule has 2 aromatic rings. The lowest BCUT2D eigenvalue weighted by Crippen LogP contribution is -2.08. The summed E-state index contributed by atoms with van der Waals surface area (Å²) < 4.78 is 31.8. The van der Waals surface area contributed by atoms with E-state index >= 15 is 0 Å². The van der Waals surface area contributed by atoms with Gasteiger partial charge in [-0.2, -0.15) is 0 Å². The molecule has 2 nitrogen and oxygen atoms in total. The van der Waals surface area contributed by atoms with Gasteiger partial charge in [0.25, 0.3) is 0 Å². The first-order valence-electron chi connectivity index (χ1n) is 6.09. The Hall–Kier alpha value is -1.65. The second-order valence-electron chi connectivity index (χ2n) is 4.50. The van der Waals surface area contributed by atoms with Crippen LogP contribution in [0.1, 0.15) is 24.1 Å². The van der Waals surface area contributed by atoms with Gasteiger partial charge in [-0.1, -0.05) is 17.7 Å². The van der Waals surface area contributed by atoms with E-state index in [0.29, 0.717) is 16.9 Å². The van der Waals surface area contributed by atoms with Gasteiger partial charge < -0.3 is 10.5 Å². The normalized spacial score (nSPS) is 12.2. The molecular formula is C15H14ClF2NO. The van der Waals surface area contributed by atoms with Gasteiger partial charge in [0.15, 0.2) is 0 Å². The molecule has 0 spiro atoms. The molecule has 2 rings (SSSR count). The summed E-state index contributed by atoms with van der Waals surface area (Å²) in [5.74, 6) is -0.289. The molecule has 0 saturated carbocycles. The lowest BCUT2D eigenvalue weighted by molar-refractivity contribution is 0.301. The Morgan fingerprint density at radius 3 is 2.45 bits per heavy atom. The molecule has 0 aromatic heterocycles. The fourth-order valence-electron chi connectivity index (χ4n) is 1.80. The van der Waals surface area contributed by atoms with Crippen LogP contribution in [0.15, 0.2) is 36.4 Å². The van der Waals surface area contributed by atoms with Crippen molar-refractivity contribution in [1.29, 1.82) is 0 Å². The highest BCUT2D eigenvalue weighted by Gasteiger charge is 2.11. The van der Waals surface area contributed by atoms with Crippen molar-refractivity contribution in [3.8, 4) is 5.75 Å². The average molecular weight is 298 g/mol. The molecule has 106 valence electrons. The van der Waals surface area contributed by atoms with Gasteiger partial charge in [0.1, 0.15) is 24.0 Å². The summed E-state index contributed by atoms with van der Waals surface area (Å²) in [5.41, 5.74) is 7.00. The van der Waals surface area contributed by atoms with Crippen LogP contribution in [0.4, 0.5) is 8.78 Å². The highest BCUT2D eigenvalue weighted by Crippen LogP contribution is 2.26. The molecule has 0 amide bonds. The first-order valence-corrected chi connectivity index (χ1v) is 6.47. The Morgan fingerprint density at radius 2 is 1.80 bits per heavy atom. The van der Waals surface area contributed by atoms with Crippen LogP contribution in [-0.2, 0) is 6.61 Å². The minimum absolute atomic E-state index is 0.157. The zero-order valence-corrected chi connectivity index (χ0v) is 11.6. The second-order valence-corrected chi connectivity index (χ2v) is 4.90. The molecule has 2 aromatic carbocycles. The van der Waals surface area contributed by atoms with Crippen molar-refractivity contribution in [1.82, 2.24) is 0 Å². The van der Waals surface area contributed by atoms with E-state index in [0.717, 1.165) is 0 Å². The smallest absolute Gasteiger partial charge is 0.124 e. The van der Waals surface area contributed by atoms with E-state index in [1.807, 2.05) is 0 Å². The van der Waals surface area contributed by atoms with E-state index in [1.165, 1.54) is 30.3 Å². The lowest BCUT2D eigenvalue weighted by Gasteiger charge is -2.14. The van der Waals surface area contributed by atoms with Crippen molar-refractivity contribution in [2.45, 2.75) is 19.6 Å². The highest BCUT2D eigenvalue weighted by atomic mass is 35.5. The van der Waals surface area contributed by atoms with E-state index < -0.39 is 5.82 Å². The largest absolute Gasteiger partial charge is 0.489 e. The van der Waals surface area contributed by atoms with Gasteiger partial charge in [0, 0.05) is 17.2 Å². The van der Waals surface area contributed by atoms with E-state index in [-0.39, 0.29) is 23.5 Å². The minimum Gasteiger partial charge on any atom is -0.489 e. The summed E-state index contributed by atoms with van der Waals surface area (Å²) in [6, 6.07) is 7.88. The van der Waals surface area contributed by atoms with E-state index in [2.05, 4.69) is 0 Å². The number of hydrogen-bond donors (Lipinski definition) is 1. The predicted octanol–water partition coefficient (Wildman–Crippen LogP) is 4.22. The molecule has 0 unspecified atom stereocenters. The molecule has 0 aliphatic carbocycles. The topological polar surface area (TPSA) is 35.2 Å². The third kappa shape index (κ3) is 3.46. The Bertz CT molecular complexity index is 617. The van der Waals surface area contributed by atoms with Crippen molar-refractivity contribution in [2.24, 2.45) is 5.73 Å². The molecule has 0 aliphatic heterocycles. The second kappa shape index (κ2) is 6.20. The number of nitrogens with two attached hydrogens (primary N) is 1. The molecule has 0 heterocycles. The number of hydrogen-bond acceptors (Lipinski definition) is 2. The number of rotatable bonds is 4. The summed E-state index contributed by atoms with van der Waals surface area (Å²) in [5, 5.41) is 0.287. The average Bonchev–Trinajstić information content (AvgIpc) is 2.38. The molecule has 0 aliphatic rings. The third-order valence-electron chi connectivity index (χ3n) is 2.86. The summed E-state index contributed by atoms with van der Waals surface area (Å²) in [6.07, 6.45) is 0. The van der Waals surface area contributed by atoms with E-state index in [9.17, 15) is 8.78 Å². The molecule has 0 saturated heterocycles. The Labute approximate surface area is 121 Å². The first kappa shape index (κ1) is 14.8. The van der Waals surface area contributed by atoms with Crippen LogP contribution in [-0.4, -0.2) is 0 Å². The van der Waals surface area contributed by atoms with Crippen molar-refractivity contribution < 1.29 is 13.5 Å².